The summed E-state index contributed by atoms with van der Waals surface area (Å²) in [6.45, 7) is 3.65. The average Bonchev–Trinajstić information content (AvgIpc) is 2.67. The lowest BCUT2D eigenvalue weighted by molar-refractivity contribution is 0.0778. The third-order valence-electron chi connectivity index (χ3n) is 2.37. The van der Waals surface area contributed by atoms with Gasteiger partial charge in [0.05, 0.1) is 0 Å². The highest BCUT2D eigenvalue weighted by atomic mass is 16.5. The van der Waals surface area contributed by atoms with Crippen molar-refractivity contribution in [2.45, 2.75) is 32.1 Å². The Morgan fingerprint density at radius 1 is 1.38 bits per heavy atom. The average molecular weight is 182 g/mol. The van der Waals surface area contributed by atoms with E-state index in [1.807, 2.05) is 6.92 Å². The van der Waals surface area contributed by atoms with Gasteiger partial charge >= 0.3 is 0 Å². The molecule has 1 aromatic rings. The van der Waals surface area contributed by atoms with Crippen LogP contribution < -0.4 is 0 Å². The summed E-state index contributed by atoms with van der Waals surface area (Å²) in [5.41, 5.74) is 0. The Kier molecular flexibility index (Phi) is 2.59. The van der Waals surface area contributed by atoms with Gasteiger partial charge in [-0.3, -0.25) is 0 Å². The van der Waals surface area contributed by atoms with Gasteiger partial charge in [0.15, 0.2) is 5.82 Å². The van der Waals surface area contributed by atoms with E-state index in [1.54, 1.807) is 0 Å². The van der Waals surface area contributed by atoms with Crippen molar-refractivity contribution in [2.24, 2.45) is 0 Å². The molecule has 0 spiro atoms. The molecule has 4 heteroatoms. The van der Waals surface area contributed by atoms with Gasteiger partial charge < -0.3 is 9.26 Å². The minimum Gasteiger partial charge on any atom is -0.381 e. The van der Waals surface area contributed by atoms with Crippen molar-refractivity contribution in [3.63, 3.8) is 0 Å². The largest absolute Gasteiger partial charge is 0.381 e. The first-order valence-electron chi connectivity index (χ1n) is 4.80. The van der Waals surface area contributed by atoms with Crippen LogP contribution in [0.1, 0.15) is 37.4 Å². The van der Waals surface area contributed by atoms with Crippen LogP contribution in [0.15, 0.2) is 4.52 Å². The summed E-state index contributed by atoms with van der Waals surface area (Å²) >= 11 is 0. The molecule has 2 rings (SSSR count). The summed E-state index contributed by atoms with van der Waals surface area (Å²) in [7, 11) is 0. The second-order valence-electron chi connectivity index (χ2n) is 3.29. The number of hydrogen-bond acceptors (Lipinski definition) is 4. The zero-order chi connectivity index (χ0) is 9.10. The van der Waals surface area contributed by atoms with Crippen molar-refractivity contribution in [3.8, 4) is 0 Å². The van der Waals surface area contributed by atoms with Crippen LogP contribution in [0.4, 0.5) is 0 Å². The molecule has 0 bridgehead atoms. The zero-order valence-corrected chi connectivity index (χ0v) is 7.82. The van der Waals surface area contributed by atoms with Crippen molar-refractivity contribution in [2.75, 3.05) is 13.2 Å². The normalized spacial score (nSPS) is 19.2. The van der Waals surface area contributed by atoms with Crippen LogP contribution in [0, 0.1) is 0 Å². The molecule has 72 valence electrons. The molecule has 1 aliphatic rings. The van der Waals surface area contributed by atoms with Gasteiger partial charge in [-0.15, -0.1) is 0 Å². The van der Waals surface area contributed by atoms with Crippen LogP contribution in [0.5, 0.6) is 0 Å². The molecule has 2 heterocycles. The van der Waals surface area contributed by atoms with Gasteiger partial charge in [0.2, 0.25) is 5.89 Å². The number of aromatic nitrogens is 2. The van der Waals surface area contributed by atoms with E-state index < -0.39 is 0 Å². The standard InChI is InChI=1S/C9H14N2O2/c1-2-8-10-9(13-11-8)7-3-5-12-6-4-7/h7H,2-6H2,1H3. The van der Waals surface area contributed by atoms with Crippen LogP contribution in [-0.4, -0.2) is 23.4 Å². The molecule has 0 atom stereocenters. The molecule has 0 unspecified atom stereocenters. The zero-order valence-electron chi connectivity index (χ0n) is 7.82. The second-order valence-corrected chi connectivity index (χ2v) is 3.29. The lowest BCUT2D eigenvalue weighted by atomic mass is 10.0. The maximum Gasteiger partial charge on any atom is 0.229 e. The van der Waals surface area contributed by atoms with Gasteiger partial charge in [0, 0.05) is 25.6 Å². The van der Waals surface area contributed by atoms with E-state index in [9.17, 15) is 0 Å². The molecule has 1 fully saturated rings. The van der Waals surface area contributed by atoms with Crippen LogP contribution in [0.3, 0.4) is 0 Å². The number of ether oxygens (including phenoxy) is 1. The molecule has 1 aliphatic heterocycles. The van der Waals surface area contributed by atoms with Gasteiger partial charge in [-0.2, -0.15) is 4.98 Å². The molecule has 0 radical (unpaired) electrons. The van der Waals surface area contributed by atoms with E-state index in [-0.39, 0.29) is 0 Å². The van der Waals surface area contributed by atoms with E-state index in [0.29, 0.717) is 5.92 Å². The van der Waals surface area contributed by atoms with Crippen molar-refractivity contribution in [3.05, 3.63) is 11.7 Å². The summed E-state index contributed by atoms with van der Waals surface area (Å²) in [5.74, 6) is 2.02. The van der Waals surface area contributed by atoms with E-state index in [1.165, 1.54) is 0 Å². The Bertz CT molecular complexity index is 266. The van der Waals surface area contributed by atoms with Gasteiger partial charge in [-0.05, 0) is 12.8 Å². The van der Waals surface area contributed by atoms with Crippen molar-refractivity contribution in [1.82, 2.24) is 10.1 Å². The van der Waals surface area contributed by atoms with Crippen LogP contribution in [0.25, 0.3) is 0 Å². The minimum absolute atomic E-state index is 0.418. The summed E-state index contributed by atoms with van der Waals surface area (Å²) in [4.78, 5) is 4.32. The van der Waals surface area contributed by atoms with E-state index in [0.717, 1.165) is 44.2 Å². The highest BCUT2D eigenvalue weighted by Crippen LogP contribution is 2.25. The molecule has 0 amide bonds. The Balaban J connectivity index is 2.05. The van der Waals surface area contributed by atoms with Gasteiger partial charge in [0.25, 0.3) is 0 Å². The van der Waals surface area contributed by atoms with Crippen molar-refractivity contribution in [1.29, 1.82) is 0 Å². The number of rotatable bonds is 2. The van der Waals surface area contributed by atoms with Gasteiger partial charge in [-0.1, -0.05) is 12.1 Å². The van der Waals surface area contributed by atoms with Crippen LogP contribution in [-0.2, 0) is 11.2 Å². The summed E-state index contributed by atoms with van der Waals surface area (Å²) in [5, 5.41) is 3.88. The molecule has 4 nitrogen and oxygen atoms in total. The highest BCUT2D eigenvalue weighted by Gasteiger charge is 2.21. The maximum atomic E-state index is 5.26. The predicted octanol–water partition coefficient (Wildman–Crippen LogP) is 1.53. The van der Waals surface area contributed by atoms with Crippen molar-refractivity contribution < 1.29 is 9.26 Å². The first kappa shape index (κ1) is 8.69. The van der Waals surface area contributed by atoms with E-state index in [4.69, 9.17) is 9.26 Å². The molecule has 0 aliphatic carbocycles. The lowest BCUT2D eigenvalue weighted by Crippen LogP contribution is -2.14. The second kappa shape index (κ2) is 3.87. The molecule has 0 aromatic carbocycles. The quantitative estimate of drug-likeness (QED) is 0.695. The number of hydrogen-bond donors (Lipinski definition) is 0. The molecule has 0 N–H and O–H groups in total. The molecule has 1 aromatic heterocycles. The molecule has 0 saturated carbocycles. The Labute approximate surface area is 77.3 Å². The molecular formula is C9H14N2O2. The summed E-state index contributed by atoms with van der Waals surface area (Å²) < 4.78 is 10.4. The molecule has 1 saturated heterocycles. The topological polar surface area (TPSA) is 48.2 Å². The van der Waals surface area contributed by atoms with Gasteiger partial charge in [0.1, 0.15) is 0 Å². The van der Waals surface area contributed by atoms with E-state index in [2.05, 4.69) is 10.1 Å². The van der Waals surface area contributed by atoms with Crippen molar-refractivity contribution >= 4 is 0 Å². The maximum absolute atomic E-state index is 5.26. The summed E-state index contributed by atoms with van der Waals surface area (Å²) in [6.07, 6.45) is 2.85. The molecular weight excluding hydrogens is 168 g/mol. The van der Waals surface area contributed by atoms with Crippen LogP contribution >= 0.6 is 0 Å². The lowest BCUT2D eigenvalue weighted by Gasteiger charge is -2.17. The van der Waals surface area contributed by atoms with Crippen LogP contribution in [0.2, 0.25) is 0 Å². The Morgan fingerprint density at radius 2 is 2.15 bits per heavy atom. The predicted molar refractivity (Wildman–Crippen MR) is 46.5 cm³/mol. The monoisotopic (exact) mass is 182 g/mol. The minimum atomic E-state index is 0.418. The fourth-order valence-corrected chi connectivity index (χ4v) is 1.52. The smallest absolute Gasteiger partial charge is 0.229 e. The fraction of sp³-hybridized carbons (Fsp3) is 0.778. The van der Waals surface area contributed by atoms with Gasteiger partial charge in [-0.25, -0.2) is 0 Å². The first-order chi connectivity index (χ1) is 6.40. The summed E-state index contributed by atoms with van der Waals surface area (Å²) in [6, 6.07) is 0. The molecule has 13 heavy (non-hydrogen) atoms. The number of aryl methyl sites for hydroxylation is 1. The first-order valence-corrected chi connectivity index (χ1v) is 4.80. The SMILES string of the molecule is CCc1noc(C2CCOCC2)n1. The fourth-order valence-electron chi connectivity index (χ4n) is 1.52. The van der Waals surface area contributed by atoms with E-state index >= 15 is 0 Å². The highest BCUT2D eigenvalue weighted by molar-refractivity contribution is 4.94. The Hall–Kier alpha value is -0.900. The third-order valence-corrected chi connectivity index (χ3v) is 2.37. The Morgan fingerprint density at radius 3 is 2.77 bits per heavy atom. The number of nitrogens with zero attached hydrogens (tertiary/aromatic N) is 2. The third kappa shape index (κ3) is 1.88.